The number of sulfonamides is 1. The van der Waals surface area contributed by atoms with E-state index in [-0.39, 0.29) is 23.1 Å². The number of Topliss-reactive ketones (excluding diaryl/α,β-unsaturated/α-hetero) is 1. The number of hydrogen-bond acceptors (Lipinski definition) is 4. The van der Waals surface area contributed by atoms with Crippen LogP contribution < -0.4 is 4.72 Å². The van der Waals surface area contributed by atoms with Crippen LogP contribution in [-0.2, 0) is 14.8 Å². The Morgan fingerprint density at radius 3 is 2.79 bits per heavy atom. The van der Waals surface area contributed by atoms with E-state index < -0.39 is 10.0 Å². The predicted molar refractivity (Wildman–Crippen MR) is 70.6 cm³/mol. The van der Waals surface area contributed by atoms with Gasteiger partial charge in [0.15, 0.2) is 5.78 Å². The monoisotopic (exact) mass is 283 g/mol. The van der Waals surface area contributed by atoms with Crippen molar-refractivity contribution in [1.82, 2.24) is 4.72 Å². The van der Waals surface area contributed by atoms with Gasteiger partial charge in [0.1, 0.15) is 0 Å². The second-order valence-electron chi connectivity index (χ2n) is 4.56. The molecule has 2 rings (SSSR count). The average Bonchev–Trinajstić information content (AvgIpc) is 3.22. The lowest BCUT2D eigenvalue weighted by Gasteiger charge is -2.07. The highest BCUT2D eigenvalue weighted by Gasteiger charge is 2.30. The van der Waals surface area contributed by atoms with Crippen LogP contribution in [0.3, 0.4) is 0 Å². The number of hydrogen-bond donors (Lipinski definition) is 1. The van der Waals surface area contributed by atoms with Gasteiger partial charge in [0.05, 0.1) is 11.5 Å². The molecule has 0 heterocycles. The molecule has 1 aliphatic rings. The Bertz CT molecular complexity index is 564. The summed E-state index contributed by atoms with van der Waals surface area (Å²) < 4.78 is 31.2. The molecule has 1 aliphatic carbocycles. The molecule has 0 aromatic heterocycles. The first-order valence-corrected chi connectivity index (χ1v) is 7.66. The van der Waals surface area contributed by atoms with Crippen LogP contribution in [-0.4, -0.2) is 34.5 Å². The molecule has 0 radical (unpaired) electrons. The van der Waals surface area contributed by atoms with Crippen LogP contribution in [0.4, 0.5) is 0 Å². The highest BCUT2D eigenvalue weighted by Crippen LogP contribution is 2.32. The number of ether oxygens (including phenoxy) is 1. The molecule has 0 unspecified atom stereocenters. The third kappa shape index (κ3) is 3.62. The molecule has 0 aliphatic heterocycles. The van der Waals surface area contributed by atoms with E-state index in [1.807, 2.05) is 0 Å². The fourth-order valence-electron chi connectivity index (χ4n) is 1.76. The minimum atomic E-state index is -3.58. The highest BCUT2D eigenvalue weighted by molar-refractivity contribution is 7.89. The number of carbonyl (C=O) groups is 1. The minimum Gasteiger partial charge on any atom is -0.383 e. The first-order valence-electron chi connectivity index (χ1n) is 6.17. The van der Waals surface area contributed by atoms with Gasteiger partial charge in [-0.1, -0.05) is 12.1 Å². The van der Waals surface area contributed by atoms with Crippen molar-refractivity contribution >= 4 is 15.8 Å². The van der Waals surface area contributed by atoms with Crippen molar-refractivity contribution in [3.63, 3.8) is 0 Å². The molecule has 0 amide bonds. The van der Waals surface area contributed by atoms with Gasteiger partial charge in [-0.15, -0.1) is 0 Å². The van der Waals surface area contributed by atoms with Gasteiger partial charge < -0.3 is 4.74 Å². The van der Waals surface area contributed by atoms with E-state index in [4.69, 9.17) is 4.74 Å². The van der Waals surface area contributed by atoms with Gasteiger partial charge in [0, 0.05) is 25.1 Å². The van der Waals surface area contributed by atoms with Crippen LogP contribution in [0.15, 0.2) is 29.2 Å². The Labute approximate surface area is 113 Å². The first kappa shape index (κ1) is 14.2. The highest BCUT2D eigenvalue weighted by atomic mass is 32.2. The van der Waals surface area contributed by atoms with Crippen LogP contribution in [0.1, 0.15) is 23.2 Å². The van der Waals surface area contributed by atoms with Crippen molar-refractivity contribution in [2.24, 2.45) is 5.92 Å². The summed E-state index contributed by atoms with van der Waals surface area (Å²) in [6.45, 7) is 0.513. The number of benzene rings is 1. The molecule has 6 heteroatoms. The predicted octanol–water partition coefficient (Wildman–Crippen LogP) is 1.20. The molecule has 0 bridgehead atoms. The molecule has 19 heavy (non-hydrogen) atoms. The number of rotatable bonds is 7. The molecular weight excluding hydrogens is 266 g/mol. The van der Waals surface area contributed by atoms with E-state index in [1.165, 1.54) is 19.2 Å². The third-order valence-electron chi connectivity index (χ3n) is 2.98. The van der Waals surface area contributed by atoms with E-state index in [9.17, 15) is 13.2 Å². The number of carbonyl (C=O) groups excluding carboxylic acids is 1. The number of ketones is 1. The zero-order valence-electron chi connectivity index (χ0n) is 10.8. The van der Waals surface area contributed by atoms with Gasteiger partial charge in [-0.25, -0.2) is 13.1 Å². The third-order valence-corrected chi connectivity index (χ3v) is 4.43. The molecule has 1 aromatic carbocycles. The summed E-state index contributed by atoms with van der Waals surface area (Å²) >= 11 is 0. The lowest BCUT2D eigenvalue weighted by Crippen LogP contribution is -2.27. The van der Waals surface area contributed by atoms with E-state index in [2.05, 4.69) is 4.72 Å². The molecule has 1 N–H and O–H groups in total. The van der Waals surface area contributed by atoms with E-state index in [0.29, 0.717) is 12.2 Å². The molecule has 1 fully saturated rings. The minimum absolute atomic E-state index is 0.0361. The average molecular weight is 283 g/mol. The van der Waals surface area contributed by atoms with E-state index in [0.717, 1.165) is 12.8 Å². The van der Waals surface area contributed by atoms with Crippen molar-refractivity contribution in [1.29, 1.82) is 0 Å². The summed E-state index contributed by atoms with van der Waals surface area (Å²) in [6.07, 6.45) is 1.81. The van der Waals surface area contributed by atoms with Gasteiger partial charge in [0.2, 0.25) is 10.0 Å². The SMILES string of the molecule is COCCNS(=O)(=O)c1cccc(C(=O)C2CC2)c1. The standard InChI is InChI=1S/C13H17NO4S/c1-18-8-7-14-19(16,17)12-4-2-3-11(9-12)13(15)10-5-6-10/h2-4,9-10,14H,5-8H2,1H3. The van der Waals surface area contributed by atoms with E-state index >= 15 is 0 Å². The van der Waals surface area contributed by atoms with Crippen molar-refractivity contribution in [3.05, 3.63) is 29.8 Å². The van der Waals surface area contributed by atoms with E-state index in [1.54, 1.807) is 12.1 Å². The Balaban J connectivity index is 2.15. The first-order chi connectivity index (χ1) is 9.04. The number of methoxy groups -OCH3 is 1. The van der Waals surface area contributed by atoms with Gasteiger partial charge in [-0.3, -0.25) is 4.79 Å². The van der Waals surface area contributed by atoms with Crippen molar-refractivity contribution in [2.75, 3.05) is 20.3 Å². The molecule has 0 saturated heterocycles. The summed E-state index contributed by atoms with van der Waals surface area (Å²) in [5.74, 6) is 0.119. The lowest BCUT2D eigenvalue weighted by molar-refractivity contribution is 0.0967. The lowest BCUT2D eigenvalue weighted by atomic mass is 10.1. The summed E-state index contributed by atoms with van der Waals surface area (Å²) in [5, 5.41) is 0. The molecule has 5 nitrogen and oxygen atoms in total. The molecule has 0 spiro atoms. The second-order valence-corrected chi connectivity index (χ2v) is 6.32. The maximum atomic E-state index is 12.0. The molecule has 1 saturated carbocycles. The Kier molecular flexibility index (Phi) is 4.34. The van der Waals surface area contributed by atoms with Gasteiger partial charge in [-0.2, -0.15) is 0 Å². The Morgan fingerprint density at radius 2 is 2.16 bits per heavy atom. The maximum Gasteiger partial charge on any atom is 0.240 e. The van der Waals surface area contributed by atoms with Crippen LogP contribution in [0, 0.1) is 5.92 Å². The summed E-state index contributed by atoms with van der Waals surface area (Å²) in [4.78, 5) is 12.0. The smallest absolute Gasteiger partial charge is 0.240 e. The van der Waals surface area contributed by atoms with Crippen LogP contribution >= 0.6 is 0 Å². The van der Waals surface area contributed by atoms with Crippen molar-refractivity contribution in [3.8, 4) is 0 Å². The van der Waals surface area contributed by atoms with Crippen molar-refractivity contribution in [2.45, 2.75) is 17.7 Å². The summed E-state index contributed by atoms with van der Waals surface area (Å²) in [6, 6.07) is 6.18. The zero-order chi connectivity index (χ0) is 13.9. The second kappa shape index (κ2) is 5.81. The van der Waals surface area contributed by atoms with Crippen LogP contribution in [0.25, 0.3) is 0 Å². The van der Waals surface area contributed by atoms with Crippen LogP contribution in [0.2, 0.25) is 0 Å². The number of nitrogens with one attached hydrogen (secondary N) is 1. The normalized spacial score (nSPS) is 15.4. The fraction of sp³-hybridized carbons (Fsp3) is 0.462. The quantitative estimate of drug-likeness (QED) is 0.603. The largest absolute Gasteiger partial charge is 0.383 e. The molecular formula is C13H17NO4S. The van der Waals surface area contributed by atoms with Gasteiger partial charge in [0.25, 0.3) is 0 Å². The molecule has 0 atom stereocenters. The fourth-order valence-corrected chi connectivity index (χ4v) is 2.82. The Hall–Kier alpha value is -1.24. The zero-order valence-corrected chi connectivity index (χ0v) is 11.6. The topological polar surface area (TPSA) is 72.5 Å². The summed E-state index contributed by atoms with van der Waals surface area (Å²) in [5.41, 5.74) is 0.470. The maximum absolute atomic E-state index is 12.0. The summed E-state index contributed by atoms with van der Waals surface area (Å²) in [7, 11) is -2.07. The molecule has 1 aromatic rings. The molecule has 104 valence electrons. The van der Waals surface area contributed by atoms with Gasteiger partial charge >= 0.3 is 0 Å². The van der Waals surface area contributed by atoms with Crippen molar-refractivity contribution < 1.29 is 17.9 Å². The van der Waals surface area contributed by atoms with Gasteiger partial charge in [-0.05, 0) is 25.0 Å². The van der Waals surface area contributed by atoms with Crippen LogP contribution in [0.5, 0.6) is 0 Å². The Morgan fingerprint density at radius 1 is 1.42 bits per heavy atom.